The molecule has 1 aromatic carbocycles. The van der Waals surface area contributed by atoms with Crippen molar-refractivity contribution in [2.75, 3.05) is 16.3 Å². The summed E-state index contributed by atoms with van der Waals surface area (Å²) in [6.07, 6.45) is 0.909. The third-order valence-electron chi connectivity index (χ3n) is 4.15. The van der Waals surface area contributed by atoms with Crippen LogP contribution in [0.2, 0.25) is 0 Å². The molecule has 8 nitrogen and oxygen atoms in total. The van der Waals surface area contributed by atoms with E-state index in [0.717, 1.165) is 17.2 Å². The summed E-state index contributed by atoms with van der Waals surface area (Å²) in [4.78, 5) is 18.3. The molecule has 0 saturated heterocycles. The molecule has 0 saturated carbocycles. The van der Waals surface area contributed by atoms with Crippen LogP contribution >= 0.6 is 11.3 Å². The molecule has 0 bridgehead atoms. The van der Waals surface area contributed by atoms with Gasteiger partial charge in [-0.15, -0.1) is 11.3 Å². The highest BCUT2D eigenvalue weighted by molar-refractivity contribution is 7.92. The zero-order valence-corrected chi connectivity index (χ0v) is 17.4. The molecule has 154 valence electrons. The third kappa shape index (κ3) is 4.02. The summed E-state index contributed by atoms with van der Waals surface area (Å²) in [7, 11) is -3.69. The number of carbonyl (C=O) groups excluding carboxylic acids is 1. The predicted octanol–water partition coefficient (Wildman–Crippen LogP) is 4.02. The van der Waals surface area contributed by atoms with Crippen LogP contribution in [-0.2, 0) is 10.0 Å². The number of fused-ring (bicyclic) bond motifs is 1. The number of halogens is 1. The van der Waals surface area contributed by atoms with Gasteiger partial charge in [-0.1, -0.05) is 11.2 Å². The summed E-state index contributed by atoms with van der Waals surface area (Å²) in [5.41, 5.74) is 1.50. The minimum absolute atomic E-state index is 0.212. The van der Waals surface area contributed by atoms with Gasteiger partial charge in [0.2, 0.25) is 10.0 Å². The van der Waals surface area contributed by atoms with E-state index in [1.807, 2.05) is 17.5 Å². The molecule has 4 rings (SSSR count). The molecule has 0 aliphatic rings. The van der Waals surface area contributed by atoms with Gasteiger partial charge in [-0.3, -0.25) is 9.52 Å². The minimum atomic E-state index is -3.69. The van der Waals surface area contributed by atoms with Crippen molar-refractivity contribution in [1.29, 1.82) is 0 Å². The lowest BCUT2D eigenvalue weighted by atomic mass is 10.1. The number of aryl methyl sites for hydroxylation is 1. The van der Waals surface area contributed by atoms with E-state index in [1.165, 1.54) is 23.5 Å². The number of pyridine rings is 1. The van der Waals surface area contributed by atoms with Gasteiger partial charge in [-0.2, -0.15) is 0 Å². The monoisotopic (exact) mass is 446 g/mol. The summed E-state index contributed by atoms with van der Waals surface area (Å²) in [5.74, 6) is -1.26. The van der Waals surface area contributed by atoms with Crippen molar-refractivity contribution in [3.8, 4) is 10.6 Å². The molecule has 0 radical (unpaired) electrons. The second-order valence-corrected chi connectivity index (χ2v) is 9.20. The number of rotatable bonds is 5. The molecule has 0 aliphatic carbocycles. The van der Waals surface area contributed by atoms with Gasteiger partial charge in [0, 0.05) is 5.69 Å². The van der Waals surface area contributed by atoms with Crippen LogP contribution in [0.15, 0.2) is 46.3 Å². The smallest absolute Gasteiger partial charge is 0.259 e. The van der Waals surface area contributed by atoms with Crippen molar-refractivity contribution in [2.24, 2.45) is 0 Å². The largest absolute Gasteiger partial charge is 0.335 e. The molecule has 2 N–H and O–H groups in total. The van der Waals surface area contributed by atoms with E-state index >= 15 is 0 Å². The highest BCUT2D eigenvalue weighted by atomic mass is 32.2. The zero-order chi connectivity index (χ0) is 21.5. The van der Waals surface area contributed by atoms with Gasteiger partial charge in [0.05, 0.1) is 39.2 Å². The average Bonchev–Trinajstić information content (AvgIpc) is 3.33. The summed E-state index contributed by atoms with van der Waals surface area (Å²) >= 11 is 1.46. The van der Waals surface area contributed by atoms with Gasteiger partial charge in [0.1, 0.15) is 5.82 Å². The van der Waals surface area contributed by atoms with Crippen molar-refractivity contribution in [1.82, 2.24) is 10.1 Å². The molecule has 0 unspecified atom stereocenters. The zero-order valence-electron chi connectivity index (χ0n) is 15.8. The van der Waals surface area contributed by atoms with E-state index in [0.29, 0.717) is 16.8 Å². The molecule has 4 aromatic rings. The number of anilines is 2. The van der Waals surface area contributed by atoms with Crippen molar-refractivity contribution in [3.63, 3.8) is 0 Å². The van der Waals surface area contributed by atoms with Crippen LogP contribution in [0, 0.1) is 12.7 Å². The highest BCUT2D eigenvalue weighted by Crippen LogP contribution is 2.30. The maximum atomic E-state index is 13.9. The molecule has 3 heterocycles. The topological polar surface area (TPSA) is 114 Å². The van der Waals surface area contributed by atoms with Crippen molar-refractivity contribution >= 4 is 49.7 Å². The van der Waals surface area contributed by atoms with Gasteiger partial charge in [0.25, 0.3) is 11.6 Å². The van der Waals surface area contributed by atoms with Crippen LogP contribution in [0.25, 0.3) is 21.7 Å². The average molecular weight is 446 g/mol. The lowest BCUT2D eigenvalue weighted by molar-refractivity contribution is 0.102. The highest BCUT2D eigenvalue weighted by Gasteiger charge is 2.20. The first-order valence-corrected chi connectivity index (χ1v) is 11.4. The number of aromatic nitrogens is 2. The summed E-state index contributed by atoms with van der Waals surface area (Å²) in [5, 5.41) is 8.91. The van der Waals surface area contributed by atoms with Gasteiger partial charge >= 0.3 is 0 Å². The van der Waals surface area contributed by atoms with Gasteiger partial charge < -0.3 is 9.84 Å². The SMILES string of the molecule is Cc1noc2nc(-c3cccs3)cc(C(=O)Nc3ccc(F)c(NS(C)(=O)=O)c3)c12. The number of nitrogens with one attached hydrogen (secondary N) is 2. The number of amides is 1. The normalized spacial score (nSPS) is 11.6. The summed E-state index contributed by atoms with van der Waals surface area (Å²) in [6, 6.07) is 8.96. The number of thiophene rings is 1. The van der Waals surface area contributed by atoms with Crippen LogP contribution in [0.4, 0.5) is 15.8 Å². The van der Waals surface area contributed by atoms with Crippen LogP contribution < -0.4 is 10.0 Å². The second kappa shape index (κ2) is 7.50. The fourth-order valence-electron chi connectivity index (χ4n) is 2.90. The van der Waals surface area contributed by atoms with Crippen LogP contribution in [0.5, 0.6) is 0 Å². The fourth-order valence-corrected chi connectivity index (χ4v) is 4.15. The quantitative estimate of drug-likeness (QED) is 0.479. The van der Waals surface area contributed by atoms with E-state index in [2.05, 4.69) is 20.2 Å². The van der Waals surface area contributed by atoms with Crippen molar-refractivity contribution in [3.05, 3.63) is 58.9 Å². The number of nitrogens with zero attached hydrogens (tertiary/aromatic N) is 2. The first kappa shape index (κ1) is 20.0. The number of hydrogen-bond donors (Lipinski definition) is 2. The Morgan fingerprint density at radius 3 is 2.73 bits per heavy atom. The second-order valence-electron chi connectivity index (χ2n) is 6.50. The number of carbonyl (C=O) groups is 1. The van der Waals surface area contributed by atoms with Gasteiger partial charge in [-0.25, -0.2) is 17.8 Å². The first-order chi connectivity index (χ1) is 14.2. The number of sulfonamides is 1. The minimum Gasteiger partial charge on any atom is -0.335 e. The van der Waals surface area contributed by atoms with Crippen molar-refractivity contribution < 1.29 is 22.1 Å². The fraction of sp³-hybridized carbons (Fsp3) is 0.105. The molecule has 30 heavy (non-hydrogen) atoms. The molecule has 0 aliphatic heterocycles. The Hall–Kier alpha value is -3.31. The van der Waals surface area contributed by atoms with E-state index < -0.39 is 21.7 Å². The number of hydrogen-bond acceptors (Lipinski definition) is 7. The van der Waals surface area contributed by atoms with Crippen LogP contribution in [0.3, 0.4) is 0 Å². The third-order valence-corrected chi connectivity index (χ3v) is 5.64. The van der Waals surface area contributed by atoms with Crippen LogP contribution in [0.1, 0.15) is 16.1 Å². The Morgan fingerprint density at radius 1 is 1.23 bits per heavy atom. The Bertz CT molecular complexity index is 1360. The maximum absolute atomic E-state index is 13.9. The van der Waals surface area contributed by atoms with Crippen LogP contribution in [-0.4, -0.2) is 30.7 Å². The standard InChI is InChI=1S/C19H15FN4O4S2/c1-10-17-12(9-15(16-4-3-7-29-16)22-19(17)28-23-10)18(25)21-11-5-6-13(20)14(8-11)24-30(2,26)27/h3-9,24H,1-2H3,(H,21,25). The number of benzene rings is 1. The Balaban J connectivity index is 1.73. The summed E-state index contributed by atoms with van der Waals surface area (Å²) < 4.78 is 44.1. The maximum Gasteiger partial charge on any atom is 0.259 e. The molecule has 3 aromatic heterocycles. The summed E-state index contributed by atoms with van der Waals surface area (Å²) in [6.45, 7) is 1.70. The molecule has 0 spiro atoms. The molecule has 0 atom stereocenters. The van der Waals surface area contributed by atoms with E-state index in [9.17, 15) is 17.6 Å². The Kier molecular flexibility index (Phi) is 5.00. The lowest BCUT2D eigenvalue weighted by Crippen LogP contribution is -2.15. The van der Waals surface area contributed by atoms with Crippen molar-refractivity contribution in [2.45, 2.75) is 6.92 Å². The lowest BCUT2D eigenvalue weighted by Gasteiger charge is -2.10. The van der Waals surface area contributed by atoms with E-state index in [4.69, 9.17) is 4.52 Å². The van der Waals surface area contributed by atoms with E-state index in [-0.39, 0.29) is 22.7 Å². The molecular weight excluding hydrogens is 431 g/mol. The molecule has 11 heteroatoms. The van der Waals surface area contributed by atoms with Gasteiger partial charge in [-0.05, 0) is 42.6 Å². The first-order valence-electron chi connectivity index (χ1n) is 8.61. The molecule has 1 amide bonds. The Morgan fingerprint density at radius 2 is 2.03 bits per heavy atom. The molecule has 0 fully saturated rings. The van der Waals surface area contributed by atoms with Gasteiger partial charge in [0.15, 0.2) is 0 Å². The molecular formula is C19H15FN4O4S2. The predicted molar refractivity (Wildman–Crippen MR) is 113 cm³/mol. The van der Waals surface area contributed by atoms with E-state index in [1.54, 1.807) is 13.0 Å². The Labute approximate surface area is 174 Å².